The van der Waals surface area contributed by atoms with Gasteiger partial charge in [0.15, 0.2) is 5.82 Å². The van der Waals surface area contributed by atoms with Crippen LogP contribution < -0.4 is 5.32 Å². The van der Waals surface area contributed by atoms with Crippen LogP contribution in [0, 0.1) is 5.92 Å². The van der Waals surface area contributed by atoms with Crippen molar-refractivity contribution in [2.75, 3.05) is 0 Å². The van der Waals surface area contributed by atoms with E-state index in [-0.39, 0.29) is 0 Å². The van der Waals surface area contributed by atoms with Crippen molar-refractivity contribution >= 4 is 0 Å². The number of nitrogens with zero attached hydrogens (tertiary/aromatic N) is 2. The average Bonchev–Trinajstić information content (AvgIpc) is 3.17. The summed E-state index contributed by atoms with van der Waals surface area (Å²) in [4.78, 5) is 4.80. The highest BCUT2D eigenvalue weighted by atomic mass is 15.2. The van der Waals surface area contributed by atoms with Crippen molar-refractivity contribution in [3.05, 3.63) is 11.6 Å². The summed E-state index contributed by atoms with van der Waals surface area (Å²) >= 11 is 0. The van der Waals surface area contributed by atoms with Crippen molar-refractivity contribution in [2.24, 2.45) is 5.92 Å². The number of fused-ring (bicyclic) bond motifs is 1. The minimum atomic E-state index is 0.427. The van der Waals surface area contributed by atoms with Crippen molar-refractivity contribution in [1.82, 2.24) is 20.5 Å². The number of hydrogen-bond acceptors (Lipinski definition) is 3. The van der Waals surface area contributed by atoms with Gasteiger partial charge in [-0.05, 0) is 38.0 Å². The summed E-state index contributed by atoms with van der Waals surface area (Å²) < 4.78 is 0. The Balaban J connectivity index is 1.47. The van der Waals surface area contributed by atoms with Crippen molar-refractivity contribution in [2.45, 2.75) is 75.8 Å². The highest BCUT2D eigenvalue weighted by molar-refractivity contribution is 5.07. The maximum Gasteiger partial charge on any atom is 0.153 e. The molecule has 3 atom stereocenters. The van der Waals surface area contributed by atoms with Crippen LogP contribution in [0.1, 0.15) is 81.4 Å². The third-order valence-electron chi connectivity index (χ3n) is 5.43. The first-order valence-corrected chi connectivity index (χ1v) is 8.08. The Labute approximate surface area is 114 Å². The third-order valence-corrected chi connectivity index (χ3v) is 5.43. The maximum absolute atomic E-state index is 4.80. The van der Waals surface area contributed by atoms with Gasteiger partial charge < -0.3 is 5.32 Å². The number of aromatic amines is 1. The van der Waals surface area contributed by atoms with Gasteiger partial charge in [0.2, 0.25) is 0 Å². The lowest BCUT2D eigenvalue weighted by Crippen LogP contribution is -2.30. The van der Waals surface area contributed by atoms with E-state index in [4.69, 9.17) is 4.98 Å². The molecule has 4 heteroatoms. The molecule has 2 N–H and O–H groups in total. The molecule has 2 heterocycles. The molecule has 4 nitrogen and oxygen atoms in total. The zero-order chi connectivity index (χ0) is 12.7. The highest BCUT2D eigenvalue weighted by Gasteiger charge is 2.37. The van der Waals surface area contributed by atoms with Crippen LogP contribution >= 0.6 is 0 Å². The fourth-order valence-electron chi connectivity index (χ4n) is 4.34. The largest absolute Gasteiger partial charge is 0.304 e. The lowest BCUT2D eigenvalue weighted by Gasteiger charge is -2.24. The summed E-state index contributed by atoms with van der Waals surface area (Å²) in [5.74, 6) is 3.66. The number of nitrogens with one attached hydrogen (secondary N) is 2. The highest BCUT2D eigenvalue weighted by Crippen LogP contribution is 2.39. The van der Waals surface area contributed by atoms with Crippen LogP contribution in [-0.4, -0.2) is 21.2 Å². The Hall–Kier alpha value is -0.900. The van der Waals surface area contributed by atoms with Gasteiger partial charge in [-0.1, -0.05) is 25.7 Å². The van der Waals surface area contributed by atoms with Gasteiger partial charge in [-0.25, -0.2) is 4.98 Å². The number of rotatable bonds is 2. The molecular weight excluding hydrogens is 236 g/mol. The first kappa shape index (κ1) is 11.9. The monoisotopic (exact) mass is 260 g/mol. The molecule has 1 aromatic rings. The summed E-state index contributed by atoms with van der Waals surface area (Å²) in [5, 5.41) is 11.5. The van der Waals surface area contributed by atoms with Gasteiger partial charge in [0.1, 0.15) is 5.82 Å². The summed E-state index contributed by atoms with van der Waals surface area (Å²) in [7, 11) is 0. The minimum Gasteiger partial charge on any atom is -0.304 e. The molecular formula is C15H24N4. The van der Waals surface area contributed by atoms with Crippen LogP contribution in [0.5, 0.6) is 0 Å². The van der Waals surface area contributed by atoms with Crippen LogP contribution in [-0.2, 0) is 0 Å². The Morgan fingerprint density at radius 3 is 2.58 bits per heavy atom. The van der Waals surface area contributed by atoms with E-state index in [2.05, 4.69) is 15.5 Å². The molecule has 0 aromatic carbocycles. The third kappa shape index (κ3) is 2.20. The van der Waals surface area contributed by atoms with Crippen LogP contribution in [0.2, 0.25) is 0 Å². The molecule has 1 aromatic heterocycles. The molecule has 3 unspecified atom stereocenters. The molecule has 2 aliphatic carbocycles. The van der Waals surface area contributed by atoms with Gasteiger partial charge >= 0.3 is 0 Å². The molecule has 104 valence electrons. The molecule has 0 spiro atoms. The van der Waals surface area contributed by atoms with Gasteiger partial charge in [-0.3, -0.25) is 5.10 Å². The lowest BCUT2D eigenvalue weighted by molar-refractivity contribution is 0.325. The predicted molar refractivity (Wildman–Crippen MR) is 73.8 cm³/mol. The van der Waals surface area contributed by atoms with Crippen LogP contribution in [0.15, 0.2) is 0 Å². The first-order chi connectivity index (χ1) is 9.40. The number of aromatic nitrogens is 3. The van der Waals surface area contributed by atoms with Crippen molar-refractivity contribution in [3.63, 3.8) is 0 Å². The van der Waals surface area contributed by atoms with E-state index in [0.29, 0.717) is 12.0 Å². The summed E-state index contributed by atoms with van der Waals surface area (Å²) in [6, 6.07) is 1.16. The Morgan fingerprint density at radius 1 is 0.947 bits per heavy atom. The molecule has 3 aliphatic rings. The smallest absolute Gasteiger partial charge is 0.153 e. The van der Waals surface area contributed by atoms with Crippen LogP contribution in [0.25, 0.3) is 0 Å². The van der Waals surface area contributed by atoms with Gasteiger partial charge in [0.05, 0.1) is 6.04 Å². The molecule has 0 amide bonds. The van der Waals surface area contributed by atoms with E-state index < -0.39 is 0 Å². The molecule has 19 heavy (non-hydrogen) atoms. The lowest BCUT2D eigenvalue weighted by atomic mass is 9.85. The van der Waals surface area contributed by atoms with E-state index in [0.717, 1.165) is 23.6 Å². The number of hydrogen-bond donors (Lipinski definition) is 2. The predicted octanol–water partition coefficient (Wildman–Crippen LogP) is 3.06. The zero-order valence-electron chi connectivity index (χ0n) is 11.6. The van der Waals surface area contributed by atoms with E-state index >= 15 is 0 Å². The second-order valence-corrected chi connectivity index (χ2v) is 6.67. The molecule has 2 saturated carbocycles. The van der Waals surface area contributed by atoms with Crippen LogP contribution in [0.4, 0.5) is 0 Å². The standard InChI is InChI=1S/C15H24N4/c1-2-6-10(5-1)14-17-15(19-18-14)13-9-11-7-3-4-8-12(11)16-13/h10-13,16H,1-9H2,(H,17,18,19). The van der Waals surface area contributed by atoms with Crippen LogP contribution in [0.3, 0.4) is 0 Å². The van der Waals surface area contributed by atoms with E-state index in [9.17, 15) is 0 Å². The van der Waals surface area contributed by atoms with Gasteiger partial charge in [0.25, 0.3) is 0 Å². The second kappa shape index (κ2) is 4.89. The Bertz CT molecular complexity index is 421. The van der Waals surface area contributed by atoms with E-state index in [1.165, 1.54) is 57.8 Å². The minimum absolute atomic E-state index is 0.427. The van der Waals surface area contributed by atoms with Gasteiger partial charge in [-0.2, -0.15) is 5.10 Å². The zero-order valence-corrected chi connectivity index (χ0v) is 11.6. The Kier molecular flexibility index (Phi) is 3.06. The summed E-state index contributed by atoms with van der Waals surface area (Å²) in [6.45, 7) is 0. The topological polar surface area (TPSA) is 53.6 Å². The summed E-state index contributed by atoms with van der Waals surface area (Å²) in [6.07, 6.45) is 12.1. The molecule has 4 rings (SSSR count). The normalized spacial score (nSPS) is 35.7. The molecule has 1 saturated heterocycles. The molecule has 0 radical (unpaired) electrons. The quantitative estimate of drug-likeness (QED) is 0.859. The van der Waals surface area contributed by atoms with Gasteiger partial charge in [0, 0.05) is 12.0 Å². The van der Waals surface area contributed by atoms with Crippen molar-refractivity contribution in [3.8, 4) is 0 Å². The molecule has 3 fully saturated rings. The molecule has 1 aliphatic heterocycles. The molecule has 0 bridgehead atoms. The Morgan fingerprint density at radius 2 is 1.74 bits per heavy atom. The maximum atomic E-state index is 4.80. The fraction of sp³-hybridized carbons (Fsp3) is 0.867. The first-order valence-electron chi connectivity index (χ1n) is 8.08. The van der Waals surface area contributed by atoms with Gasteiger partial charge in [-0.15, -0.1) is 0 Å². The second-order valence-electron chi connectivity index (χ2n) is 6.67. The summed E-state index contributed by atoms with van der Waals surface area (Å²) in [5.41, 5.74) is 0. The van der Waals surface area contributed by atoms with E-state index in [1.54, 1.807) is 0 Å². The SMILES string of the molecule is C1CCC(c2n[nH]c(C3CC4CCCCC4N3)n2)C1. The number of H-pyrrole nitrogens is 1. The average molecular weight is 260 g/mol. The fourth-order valence-corrected chi connectivity index (χ4v) is 4.34. The van der Waals surface area contributed by atoms with Crippen molar-refractivity contribution < 1.29 is 0 Å². The van der Waals surface area contributed by atoms with E-state index in [1.807, 2.05) is 0 Å². The van der Waals surface area contributed by atoms with Crippen molar-refractivity contribution in [1.29, 1.82) is 0 Å².